The van der Waals surface area contributed by atoms with E-state index in [1.165, 1.54) is 0 Å². The third kappa shape index (κ3) is 4.90. The Balaban J connectivity index is 3.45. The van der Waals surface area contributed by atoms with Crippen LogP contribution in [0.15, 0.2) is 4.88 Å². The Kier molecular flexibility index (Phi) is 2.61. The minimum Gasteiger partial charge on any atom is -0.167 e. The van der Waals surface area contributed by atoms with Crippen LogP contribution in [-0.4, -0.2) is 0 Å². The molecule has 0 radical (unpaired) electrons. The Morgan fingerprint density at radius 1 is 1.33 bits per heavy atom. The summed E-state index contributed by atoms with van der Waals surface area (Å²) in [6.45, 7) is 0. The summed E-state index contributed by atoms with van der Waals surface area (Å²) in [6, 6.07) is 0. The molecule has 0 aromatic heterocycles. The Bertz CT molecular complexity index is 54.3. The van der Waals surface area contributed by atoms with Crippen molar-refractivity contribution in [1.82, 2.24) is 0 Å². The van der Waals surface area contributed by atoms with Crippen LogP contribution in [0.5, 0.6) is 0 Å². The minimum atomic E-state index is -2.69. The van der Waals surface area contributed by atoms with Gasteiger partial charge in [0.25, 0.3) is 0 Å². The number of nitrogens with zero attached hydrogens (tertiary/aromatic N) is 1. The molecule has 1 N–H and O–H groups in total. The van der Waals surface area contributed by atoms with Crippen LogP contribution in [0.2, 0.25) is 0 Å². The molecule has 36 valence electrons. The highest BCUT2D eigenvalue weighted by Gasteiger charge is 2.32. The Morgan fingerprint density at radius 2 is 1.50 bits per heavy atom. The zero-order valence-electron chi connectivity index (χ0n) is 2.53. The van der Waals surface area contributed by atoms with Crippen molar-refractivity contribution >= 4 is 39.2 Å². The first kappa shape index (κ1) is 6.90. The average molecular weight is 166 g/mol. The van der Waals surface area contributed by atoms with Crippen molar-refractivity contribution in [1.29, 1.82) is 5.53 Å². The molecule has 0 aliphatic carbocycles. The van der Waals surface area contributed by atoms with Crippen LogP contribution in [0.1, 0.15) is 0 Å². The smallest absolute Gasteiger partial charge is 0.167 e. The molecule has 0 rings (SSSR count). The molecule has 0 aliphatic rings. The molecule has 0 atom stereocenters. The van der Waals surface area contributed by atoms with Gasteiger partial charge in [0.1, 0.15) is 0 Å². The first-order valence-corrected chi connectivity index (χ1v) is 5.39. The molecule has 2 nitrogen and oxygen atoms in total. The maximum Gasteiger partial charge on any atom is 0.444 e. The van der Waals surface area contributed by atoms with Crippen LogP contribution in [0, 0.1) is 5.53 Å². The van der Waals surface area contributed by atoms with Crippen molar-refractivity contribution in [2.75, 3.05) is 0 Å². The molecule has 0 amide bonds. The van der Waals surface area contributed by atoms with E-state index in [0.29, 0.717) is 0 Å². The highest BCUT2D eigenvalue weighted by molar-refractivity contribution is 8.31. The summed E-state index contributed by atoms with van der Waals surface area (Å²) in [5, 5.41) is 0. The monoisotopic (exact) mass is 165 g/mol. The van der Waals surface area contributed by atoms with Gasteiger partial charge in [-0.15, -0.1) is 0 Å². The maximum absolute atomic E-state index is 6.13. The lowest BCUT2D eigenvalue weighted by Gasteiger charge is -1.77. The molecule has 0 unspecified atom stereocenters. The Morgan fingerprint density at radius 3 is 1.50 bits per heavy atom. The van der Waals surface area contributed by atoms with E-state index in [2.05, 4.69) is 4.88 Å². The zero-order valence-corrected chi connectivity index (χ0v) is 5.69. The molecular weight excluding hydrogens is 165 g/mol. The Hall–Kier alpha value is 0.900. The lowest BCUT2D eigenvalue weighted by molar-refractivity contribution is 1.25. The maximum atomic E-state index is 6.13. The number of hydrogen-bond donors (Lipinski definition) is 1. The van der Waals surface area contributed by atoms with E-state index < -0.39 is 5.47 Å². The van der Waals surface area contributed by atoms with Gasteiger partial charge in [0, 0.05) is 4.88 Å². The fourth-order valence-electron chi connectivity index (χ4n) is 0. The molecule has 0 bridgehead atoms. The van der Waals surface area contributed by atoms with Crippen molar-refractivity contribution in [2.24, 2.45) is 4.88 Å². The van der Waals surface area contributed by atoms with Crippen molar-refractivity contribution in [3.8, 4) is 0 Å². The summed E-state index contributed by atoms with van der Waals surface area (Å²) >= 11 is 15.0. The molecule has 0 heterocycles. The van der Waals surface area contributed by atoms with Crippen LogP contribution in [0.25, 0.3) is 0 Å². The number of hydrogen-bond acceptors (Lipinski definition) is 2. The van der Waals surface area contributed by atoms with Crippen molar-refractivity contribution in [3.63, 3.8) is 0 Å². The van der Waals surface area contributed by atoms with E-state index in [9.17, 15) is 0 Å². The molecule has 0 aromatic carbocycles. The van der Waals surface area contributed by atoms with Gasteiger partial charge in [0.2, 0.25) is 0 Å². The number of nitrogens with one attached hydrogen (secondary N) is 1. The SMILES string of the molecule is N=N[P+](Cl)(Cl)Cl. The van der Waals surface area contributed by atoms with Gasteiger partial charge in [-0.2, -0.15) is 5.53 Å². The second kappa shape index (κ2) is 2.27. The van der Waals surface area contributed by atoms with E-state index in [1.54, 1.807) is 0 Å². The lowest BCUT2D eigenvalue weighted by Crippen LogP contribution is -1.39. The van der Waals surface area contributed by atoms with Gasteiger partial charge in [-0.25, -0.2) is 0 Å². The third-order valence-electron chi connectivity index (χ3n) is 0.113. The summed E-state index contributed by atoms with van der Waals surface area (Å²) in [4.78, 5) is 2.68. The number of halogens is 3. The summed E-state index contributed by atoms with van der Waals surface area (Å²) in [7, 11) is 0. The Labute approximate surface area is 50.0 Å². The summed E-state index contributed by atoms with van der Waals surface area (Å²) < 4.78 is 0. The summed E-state index contributed by atoms with van der Waals surface area (Å²) in [5.74, 6) is 0. The standard InChI is InChI=1S/Cl3HN2P/c1-6(2,3)5-4/h4H/q+1. The molecule has 0 saturated carbocycles. The second-order valence-electron chi connectivity index (χ2n) is 0.518. The van der Waals surface area contributed by atoms with Crippen molar-refractivity contribution in [3.05, 3.63) is 0 Å². The minimum absolute atomic E-state index is 2.68. The van der Waals surface area contributed by atoms with Crippen LogP contribution in [-0.2, 0) is 0 Å². The van der Waals surface area contributed by atoms with Gasteiger partial charge in [-0.05, 0) is 0 Å². The van der Waals surface area contributed by atoms with Gasteiger partial charge >= 0.3 is 5.47 Å². The van der Waals surface area contributed by atoms with Crippen molar-refractivity contribution in [2.45, 2.75) is 0 Å². The predicted molar refractivity (Wildman–Crippen MR) is 29.6 cm³/mol. The van der Waals surface area contributed by atoms with Gasteiger partial charge in [-0.3, -0.25) is 0 Å². The quantitative estimate of drug-likeness (QED) is 0.458. The summed E-state index contributed by atoms with van der Waals surface area (Å²) in [5.41, 5.74) is 3.44. The molecular formula is HCl3N2P+. The highest BCUT2D eigenvalue weighted by Crippen LogP contribution is 2.75. The molecule has 0 saturated heterocycles. The largest absolute Gasteiger partial charge is 0.444 e. The predicted octanol–water partition coefficient (Wildman–Crippen LogP) is 3.41. The third-order valence-corrected chi connectivity index (χ3v) is 1.02. The first-order chi connectivity index (χ1) is 2.56. The van der Waals surface area contributed by atoms with Crippen molar-refractivity contribution < 1.29 is 0 Å². The van der Waals surface area contributed by atoms with Crippen LogP contribution in [0.3, 0.4) is 0 Å². The first-order valence-electron chi connectivity index (χ1n) is 0.931. The molecule has 6 heteroatoms. The van der Waals surface area contributed by atoms with E-state index >= 15 is 0 Å². The lowest BCUT2D eigenvalue weighted by atomic mass is 13.3. The van der Waals surface area contributed by atoms with E-state index in [4.69, 9.17) is 39.3 Å². The molecule has 0 fully saturated rings. The summed E-state index contributed by atoms with van der Waals surface area (Å²) in [6.07, 6.45) is 0. The second-order valence-corrected chi connectivity index (χ2v) is 7.52. The normalized spacial score (nSPS) is 11.2. The number of rotatable bonds is 1. The molecule has 0 aromatic rings. The van der Waals surface area contributed by atoms with Gasteiger partial charge in [0.05, 0.1) is 0 Å². The molecule has 6 heavy (non-hydrogen) atoms. The van der Waals surface area contributed by atoms with Gasteiger partial charge in [0.15, 0.2) is 33.7 Å². The fourth-order valence-corrected chi connectivity index (χ4v) is 0. The molecule has 0 spiro atoms. The average Bonchev–Trinajstić information content (AvgIpc) is 1.35. The molecule has 0 aliphatic heterocycles. The van der Waals surface area contributed by atoms with Crippen LogP contribution >= 0.6 is 39.2 Å². The van der Waals surface area contributed by atoms with E-state index in [-0.39, 0.29) is 0 Å². The topological polar surface area (TPSA) is 36.2 Å². The van der Waals surface area contributed by atoms with Gasteiger partial charge in [-0.1, -0.05) is 0 Å². The van der Waals surface area contributed by atoms with Gasteiger partial charge < -0.3 is 0 Å². The van der Waals surface area contributed by atoms with E-state index in [1.807, 2.05) is 0 Å². The van der Waals surface area contributed by atoms with E-state index in [0.717, 1.165) is 0 Å². The highest BCUT2D eigenvalue weighted by atomic mass is 36.1. The fraction of sp³-hybridized carbons (Fsp3) is 0. The van der Waals surface area contributed by atoms with Crippen LogP contribution < -0.4 is 0 Å². The zero-order chi connectivity index (χ0) is 5.21. The van der Waals surface area contributed by atoms with Crippen LogP contribution in [0.4, 0.5) is 0 Å².